The van der Waals surface area contributed by atoms with Crippen LogP contribution in [0.4, 0.5) is 0 Å². The maximum atomic E-state index is 12.7. The minimum Gasteiger partial charge on any atom is -0.343 e. The van der Waals surface area contributed by atoms with Gasteiger partial charge in [-0.25, -0.2) is 8.42 Å². The van der Waals surface area contributed by atoms with Crippen LogP contribution in [0.15, 0.2) is 27.9 Å². The van der Waals surface area contributed by atoms with Gasteiger partial charge in [0.2, 0.25) is 15.9 Å². The van der Waals surface area contributed by atoms with Crippen LogP contribution in [0, 0.1) is 0 Å². The molecule has 1 aromatic heterocycles. The van der Waals surface area contributed by atoms with Gasteiger partial charge in [0.25, 0.3) is 0 Å². The van der Waals surface area contributed by atoms with Crippen LogP contribution in [0.1, 0.15) is 39.5 Å². The highest BCUT2D eigenvalue weighted by Gasteiger charge is 2.23. The molecular formula is C19H27N3O4S2. The average molecular weight is 426 g/mol. The smallest absolute Gasteiger partial charge is 0.308 e. The average Bonchev–Trinajstić information content (AvgIpc) is 3.01. The van der Waals surface area contributed by atoms with E-state index in [1.807, 2.05) is 4.90 Å². The predicted molar refractivity (Wildman–Crippen MR) is 111 cm³/mol. The van der Waals surface area contributed by atoms with E-state index in [1.54, 1.807) is 36.6 Å². The first-order chi connectivity index (χ1) is 13.4. The standard InChI is InChI=1S/C19H27N3O4S2/c1-3-21(4-2)28(25,26)15-8-9-16-17(14-15)27-19(24)22(16)13-10-18(23)20-11-6-5-7-12-20/h8-9,14H,3-7,10-13H2,1-2H3. The number of aryl methyl sites for hydroxylation is 1. The number of piperidine rings is 1. The minimum atomic E-state index is -3.57. The molecule has 0 saturated carbocycles. The first-order valence-electron chi connectivity index (χ1n) is 9.79. The van der Waals surface area contributed by atoms with Gasteiger partial charge >= 0.3 is 4.87 Å². The lowest BCUT2D eigenvalue weighted by atomic mass is 10.1. The number of sulfonamides is 1. The quantitative estimate of drug-likeness (QED) is 0.683. The number of benzene rings is 1. The summed E-state index contributed by atoms with van der Waals surface area (Å²) in [6.45, 7) is 6.30. The number of hydrogen-bond acceptors (Lipinski definition) is 5. The number of rotatable bonds is 7. The second-order valence-corrected chi connectivity index (χ2v) is 9.86. The van der Waals surface area contributed by atoms with Crippen molar-refractivity contribution in [2.45, 2.75) is 51.0 Å². The Morgan fingerprint density at radius 3 is 2.46 bits per heavy atom. The van der Waals surface area contributed by atoms with Crippen LogP contribution >= 0.6 is 11.3 Å². The molecule has 0 atom stereocenters. The molecule has 2 aromatic rings. The van der Waals surface area contributed by atoms with E-state index in [0.717, 1.165) is 43.7 Å². The van der Waals surface area contributed by atoms with Crippen molar-refractivity contribution in [1.82, 2.24) is 13.8 Å². The summed E-state index contributed by atoms with van der Waals surface area (Å²) < 4.78 is 29.0. The Hall–Kier alpha value is -1.71. The lowest BCUT2D eigenvalue weighted by Crippen LogP contribution is -2.36. The van der Waals surface area contributed by atoms with Gasteiger partial charge < -0.3 is 4.90 Å². The van der Waals surface area contributed by atoms with Crippen molar-refractivity contribution in [3.63, 3.8) is 0 Å². The molecule has 0 spiro atoms. The third kappa shape index (κ3) is 4.16. The van der Waals surface area contributed by atoms with Crippen molar-refractivity contribution in [3.05, 3.63) is 27.9 Å². The third-order valence-corrected chi connectivity index (χ3v) is 8.23. The molecule has 1 fully saturated rings. The molecule has 0 N–H and O–H groups in total. The van der Waals surface area contributed by atoms with Gasteiger partial charge in [0.15, 0.2) is 0 Å². The van der Waals surface area contributed by atoms with E-state index in [9.17, 15) is 18.0 Å². The molecule has 0 bridgehead atoms. The van der Waals surface area contributed by atoms with Gasteiger partial charge in [0.1, 0.15) is 0 Å². The van der Waals surface area contributed by atoms with Crippen molar-refractivity contribution in [2.24, 2.45) is 0 Å². The highest BCUT2D eigenvalue weighted by atomic mass is 32.2. The van der Waals surface area contributed by atoms with E-state index in [-0.39, 0.29) is 22.1 Å². The van der Waals surface area contributed by atoms with Gasteiger partial charge in [-0.05, 0) is 37.5 Å². The van der Waals surface area contributed by atoms with Crippen LogP contribution in [0.25, 0.3) is 10.2 Å². The second kappa shape index (κ2) is 8.75. The number of carbonyl (C=O) groups excluding carboxylic acids is 1. The van der Waals surface area contributed by atoms with E-state index >= 15 is 0 Å². The molecule has 28 heavy (non-hydrogen) atoms. The Morgan fingerprint density at radius 1 is 1.14 bits per heavy atom. The molecule has 0 radical (unpaired) electrons. The summed E-state index contributed by atoms with van der Waals surface area (Å²) in [4.78, 5) is 26.7. The van der Waals surface area contributed by atoms with Crippen LogP contribution in [-0.4, -0.2) is 54.3 Å². The Kier molecular flexibility index (Phi) is 6.57. The first-order valence-corrected chi connectivity index (χ1v) is 12.1. The summed E-state index contributed by atoms with van der Waals surface area (Å²) in [5.74, 6) is 0.0756. The summed E-state index contributed by atoms with van der Waals surface area (Å²) in [6, 6.07) is 4.79. The zero-order valence-electron chi connectivity index (χ0n) is 16.4. The maximum absolute atomic E-state index is 12.7. The third-order valence-electron chi connectivity index (χ3n) is 5.24. The monoisotopic (exact) mass is 425 g/mol. The number of hydrogen-bond donors (Lipinski definition) is 0. The molecule has 9 heteroatoms. The molecule has 1 aromatic carbocycles. The van der Waals surface area contributed by atoms with E-state index in [2.05, 4.69) is 0 Å². The molecule has 0 aliphatic carbocycles. The Morgan fingerprint density at radius 2 is 1.82 bits per heavy atom. The molecule has 1 aliphatic heterocycles. The number of thiazole rings is 1. The summed E-state index contributed by atoms with van der Waals surface area (Å²) in [6.07, 6.45) is 3.52. The number of amides is 1. The zero-order valence-corrected chi connectivity index (χ0v) is 18.0. The molecule has 1 amide bonds. The summed E-state index contributed by atoms with van der Waals surface area (Å²) in [7, 11) is -3.57. The van der Waals surface area contributed by atoms with Crippen LogP contribution in [0.5, 0.6) is 0 Å². The fraction of sp³-hybridized carbons (Fsp3) is 0.579. The van der Waals surface area contributed by atoms with Gasteiger partial charge in [-0.1, -0.05) is 25.2 Å². The van der Waals surface area contributed by atoms with E-state index in [0.29, 0.717) is 29.9 Å². The summed E-state index contributed by atoms with van der Waals surface area (Å²) in [5, 5.41) is 0. The first kappa shape index (κ1) is 21.0. The van der Waals surface area contributed by atoms with Crippen molar-refractivity contribution in [1.29, 1.82) is 0 Å². The Balaban J connectivity index is 1.82. The molecular weight excluding hydrogens is 398 g/mol. The second-order valence-electron chi connectivity index (χ2n) is 6.93. The van der Waals surface area contributed by atoms with Crippen molar-refractivity contribution in [2.75, 3.05) is 26.2 Å². The number of aromatic nitrogens is 1. The Bertz CT molecular complexity index is 1000. The van der Waals surface area contributed by atoms with Gasteiger partial charge in [0, 0.05) is 39.1 Å². The SMILES string of the molecule is CCN(CC)S(=O)(=O)c1ccc2c(c1)sc(=O)n2CCC(=O)N1CCCCC1. The fourth-order valence-electron chi connectivity index (χ4n) is 3.64. The van der Waals surface area contributed by atoms with Crippen molar-refractivity contribution in [3.8, 4) is 0 Å². The van der Waals surface area contributed by atoms with E-state index in [4.69, 9.17) is 0 Å². The minimum absolute atomic E-state index is 0.0756. The lowest BCUT2D eigenvalue weighted by Gasteiger charge is -2.26. The van der Waals surface area contributed by atoms with Crippen molar-refractivity contribution >= 4 is 37.5 Å². The molecule has 7 nitrogen and oxygen atoms in total. The number of nitrogens with zero attached hydrogens (tertiary/aromatic N) is 3. The van der Waals surface area contributed by atoms with E-state index in [1.165, 1.54) is 4.31 Å². The Labute approximate surface area is 169 Å². The van der Waals surface area contributed by atoms with Gasteiger partial charge in [-0.2, -0.15) is 4.31 Å². The highest BCUT2D eigenvalue weighted by molar-refractivity contribution is 7.89. The normalized spacial score (nSPS) is 15.5. The largest absolute Gasteiger partial charge is 0.343 e. The number of fused-ring (bicyclic) bond motifs is 1. The predicted octanol–water partition coefficient (Wildman–Crippen LogP) is 2.50. The van der Waals surface area contributed by atoms with Crippen molar-refractivity contribution < 1.29 is 13.2 Å². The number of carbonyl (C=O) groups is 1. The highest BCUT2D eigenvalue weighted by Crippen LogP contribution is 2.24. The number of likely N-dealkylation sites (tertiary alicyclic amines) is 1. The summed E-state index contributed by atoms with van der Waals surface area (Å²) >= 11 is 1.02. The molecule has 0 unspecified atom stereocenters. The van der Waals surface area contributed by atoms with Crippen LogP contribution in [-0.2, 0) is 21.4 Å². The topological polar surface area (TPSA) is 79.7 Å². The molecule has 3 rings (SSSR count). The van der Waals surface area contributed by atoms with E-state index < -0.39 is 10.0 Å². The lowest BCUT2D eigenvalue weighted by molar-refractivity contribution is -0.132. The fourth-order valence-corrected chi connectivity index (χ4v) is 6.16. The van der Waals surface area contributed by atoms with Crippen LogP contribution in [0.2, 0.25) is 0 Å². The van der Waals surface area contributed by atoms with Crippen LogP contribution < -0.4 is 4.87 Å². The van der Waals surface area contributed by atoms with Gasteiger partial charge in [-0.3, -0.25) is 14.2 Å². The van der Waals surface area contributed by atoms with Gasteiger partial charge in [-0.15, -0.1) is 0 Å². The molecule has 2 heterocycles. The van der Waals surface area contributed by atoms with Crippen LogP contribution in [0.3, 0.4) is 0 Å². The molecule has 1 saturated heterocycles. The summed E-state index contributed by atoms with van der Waals surface area (Å²) in [5.41, 5.74) is 0.681. The molecule has 154 valence electrons. The molecule has 1 aliphatic rings. The van der Waals surface area contributed by atoms with Gasteiger partial charge in [0.05, 0.1) is 15.1 Å². The maximum Gasteiger partial charge on any atom is 0.308 e. The zero-order chi connectivity index (χ0) is 20.3.